The van der Waals surface area contributed by atoms with Gasteiger partial charge in [-0.2, -0.15) is 0 Å². The van der Waals surface area contributed by atoms with E-state index in [0.29, 0.717) is 23.2 Å². The molecule has 2 saturated carbocycles. The minimum Gasteiger partial charge on any atom is -0.462 e. The third-order valence-electron chi connectivity index (χ3n) is 15.2. The average molecular weight is 689 g/mol. The van der Waals surface area contributed by atoms with Crippen molar-refractivity contribution in [2.75, 3.05) is 0 Å². The third kappa shape index (κ3) is 9.31. The average Bonchev–Trinajstić information content (AvgIpc) is 3.35. The summed E-state index contributed by atoms with van der Waals surface area (Å²) in [6, 6.07) is 0. The Kier molecular flexibility index (Phi) is 15.2. The monoisotopic (exact) mass is 689 g/mol. The highest BCUT2D eigenvalue weighted by Gasteiger charge is 2.63. The minimum absolute atomic E-state index is 0.0128. The lowest BCUT2D eigenvalue weighted by Gasteiger charge is -2.62. The van der Waals surface area contributed by atoms with Gasteiger partial charge < -0.3 is 4.74 Å². The van der Waals surface area contributed by atoms with Crippen LogP contribution in [0.1, 0.15) is 204 Å². The lowest BCUT2D eigenvalue weighted by atomic mass is 9.43. The van der Waals surface area contributed by atoms with Gasteiger partial charge in [-0.25, -0.2) is 0 Å². The van der Waals surface area contributed by atoms with E-state index in [1.54, 1.807) is 0 Å². The Morgan fingerprint density at radius 1 is 0.780 bits per heavy atom. The zero-order chi connectivity index (χ0) is 36.4. The first kappa shape index (κ1) is 41.2. The number of esters is 1. The van der Waals surface area contributed by atoms with Crippen molar-refractivity contribution in [3.63, 3.8) is 0 Å². The molecule has 0 aromatic heterocycles. The number of allylic oxidation sites excluding steroid dienone is 8. The molecule has 0 aliphatic heterocycles. The molecule has 284 valence electrons. The molecule has 4 aliphatic carbocycles. The van der Waals surface area contributed by atoms with Crippen LogP contribution < -0.4 is 0 Å². The molecule has 0 amide bonds. The highest BCUT2D eigenvalue weighted by Crippen LogP contribution is 2.72. The summed E-state index contributed by atoms with van der Waals surface area (Å²) in [6.45, 7) is 22.2. The maximum atomic E-state index is 13.1. The van der Waals surface area contributed by atoms with Crippen molar-refractivity contribution in [1.82, 2.24) is 0 Å². The van der Waals surface area contributed by atoms with Crippen LogP contribution in [0.2, 0.25) is 0 Å². The highest BCUT2D eigenvalue weighted by molar-refractivity contribution is 5.69. The molecule has 2 unspecified atom stereocenters. The van der Waals surface area contributed by atoms with Crippen LogP contribution in [0, 0.1) is 39.4 Å². The molecule has 0 aromatic carbocycles. The quantitative estimate of drug-likeness (QED) is 0.0767. The van der Waals surface area contributed by atoms with E-state index < -0.39 is 0 Å². The van der Waals surface area contributed by atoms with Gasteiger partial charge in [0.25, 0.3) is 0 Å². The van der Waals surface area contributed by atoms with E-state index in [-0.39, 0.29) is 22.9 Å². The van der Waals surface area contributed by atoms with Crippen molar-refractivity contribution in [2.45, 2.75) is 210 Å². The zero-order valence-electron chi connectivity index (χ0n) is 34.6. The van der Waals surface area contributed by atoms with Crippen molar-refractivity contribution in [3.05, 3.63) is 47.1 Å². The molecule has 0 radical (unpaired) electrons. The van der Waals surface area contributed by atoms with E-state index in [1.165, 1.54) is 115 Å². The lowest BCUT2D eigenvalue weighted by Crippen LogP contribution is -2.55. The summed E-state index contributed by atoms with van der Waals surface area (Å²) in [4.78, 5) is 13.1. The van der Waals surface area contributed by atoms with Crippen LogP contribution in [-0.4, -0.2) is 12.1 Å². The van der Waals surface area contributed by atoms with Crippen LogP contribution in [0.15, 0.2) is 47.1 Å². The van der Waals surface area contributed by atoms with Crippen molar-refractivity contribution in [1.29, 1.82) is 0 Å². The van der Waals surface area contributed by atoms with Crippen molar-refractivity contribution in [2.24, 2.45) is 39.4 Å². The van der Waals surface area contributed by atoms with E-state index in [2.05, 4.69) is 92.7 Å². The molecule has 0 spiro atoms. The van der Waals surface area contributed by atoms with E-state index in [4.69, 9.17) is 4.74 Å². The number of ether oxygens (including phenoxy) is 1. The molecule has 50 heavy (non-hydrogen) atoms. The summed E-state index contributed by atoms with van der Waals surface area (Å²) in [5.41, 5.74) is 6.20. The van der Waals surface area contributed by atoms with Crippen molar-refractivity contribution >= 4 is 5.97 Å². The predicted octanol–water partition coefficient (Wildman–Crippen LogP) is 14.8. The third-order valence-corrected chi connectivity index (χ3v) is 15.2. The van der Waals surface area contributed by atoms with Crippen LogP contribution >= 0.6 is 0 Å². The summed E-state index contributed by atoms with van der Waals surface area (Å²) < 4.78 is 6.37. The molecule has 7 atom stereocenters. The molecule has 4 rings (SSSR count). The van der Waals surface area contributed by atoms with Gasteiger partial charge in [-0.3, -0.25) is 4.79 Å². The van der Waals surface area contributed by atoms with Gasteiger partial charge in [0, 0.05) is 11.8 Å². The number of rotatable bonds is 19. The molecule has 2 heteroatoms. The van der Waals surface area contributed by atoms with Crippen molar-refractivity contribution in [3.8, 4) is 0 Å². The summed E-state index contributed by atoms with van der Waals surface area (Å²) in [7, 11) is 0. The topological polar surface area (TPSA) is 26.3 Å². The van der Waals surface area contributed by atoms with Gasteiger partial charge in [0.1, 0.15) is 6.10 Å². The normalized spacial score (nSPS) is 32.5. The van der Waals surface area contributed by atoms with Crippen LogP contribution in [0.3, 0.4) is 0 Å². The molecule has 4 aliphatic rings. The fourth-order valence-corrected chi connectivity index (χ4v) is 12.0. The fraction of sp³-hybridized carbons (Fsp3) is 0.812. The number of hydrogen-bond acceptors (Lipinski definition) is 2. The number of fused-ring (bicyclic) bond motifs is 4. The Labute approximate surface area is 310 Å². The zero-order valence-corrected chi connectivity index (χ0v) is 34.6. The van der Waals surface area contributed by atoms with Crippen LogP contribution in [-0.2, 0) is 9.53 Å². The molecule has 0 bridgehead atoms. The lowest BCUT2D eigenvalue weighted by molar-refractivity contribution is -0.170. The second-order valence-electron chi connectivity index (χ2n) is 19.0. The molecule has 0 N–H and O–H groups in total. The van der Waals surface area contributed by atoms with Gasteiger partial charge in [0.15, 0.2) is 0 Å². The predicted molar refractivity (Wildman–Crippen MR) is 216 cm³/mol. The summed E-state index contributed by atoms with van der Waals surface area (Å²) >= 11 is 0. The molecule has 2 nitrogen and oxygen atoms in total. The summed E-state index contributed by atoms with van der Waals surface area (Å²) in [6.07, 6.45) is 38.4. The second-order valence-corrected chi connectivity index (χ2v) is 19.0. The van der Waals surface area contributed by atoms with Gasteiger partial charge in [0.05, 0.1) is 0 Å². The first-order valence-corrected chi connectivity index (χ1v) is 21.7. The Morgan fingerprint density at radius 2 is 1.46 bits per heavy atom. The minimum atomic E-state index is 0.0128. The van der Waals surface area contributed by atoms with E-state index >= 15 is 0 Å². The van der Waals surface area contributed by atoms with Gasteiger partial charge in [-0.1, -0.05) is 128 Å². The molecular weight excluding hydrogens is 609 g/mol. The Bertz CT molecular complexity index is 1210. The first-order valence-electron chi connectivity index (χ1n) is 21.7. The summed E-state index contributed by atoms with van der Waals surface area (Å²) in [5, 5.41) is 0. The Hall–Kier alpha value is -1.57. The van der Waals surface area contributed by atoms with Crippen LogP contribution in [0.25, 0.3) is 0 Å². The van der Waals surface area contributed by atoms with Crippen LogP contribution in [0.4, 0.5) is 0 Å². The number of hydrogen-bond donors (Lipinski definition) is 0. The molecule has 0 heterocycles. The van der Waals surface area contributed by atoms with Crippen molar-refractivity contribution < 1.29 is 9.53 Å². The fourth-order valence-electron chi connectivity index (χ4n) is 12.0. The SMILES string of the molecule is CCCCCC=CCC=CCCCCCCCC(=O)OC1CC[C@]2(C)C3=C(CCC2C1(C)C)[C@]1(C)CC[C@H]([C@H](C)CCC=C(C)C)[C@]1(C)CC3. The number of unbranched alkanes of at least 4 members (excludes halogenated alkanes) is 8. The smallest absolute Gasteiger partial charge is 0.306 e. The van der Waals surface area contributed by atoms with E-state index in [1.807, 2.05) is 11.1 Å². The molecule has 0 aromatic rings. The van der Waals surface area contributed by atoms with E-state index in [9.17, 15) is 4.79 Å². The van der Waals surface area contributed by atoms with Gasteiger partial charge in [-0.15, -0.1) is 0 Å². The second kappa shape index (κ2) is 18.5. The molecular formula is C48H80O2. The first-order chi connectivity index (χ1) is 23.8. The molecule has 2 fully saturated rings. The van der Waals surface area contributed by atoms with Gasteiger partial charge in [-0.05, 0) is 151 Å². The van der Waals surface area contributed by atoms with Gasteiger partial charge in [0.2, 0.25) is 0 Å². The maximum absolute atomic E-state index is 13.1. The summed E-state index contributed by atoms with van der Waals surface area (Å²) in [5.74, 6) is 2.26. The number of carbonyl (C=O) groups is 1. The van der Waals surface area contributed by atoms with E-state index in [0.717, 1.165) is 37.5 Å². The van der Waals surface area contributed by atoms with Crippen LogP contribution in [0.5, 0.6) is 0 Å². The standard InChI is InChI=1S/C48H80O2/c1-10-11-12-13-14-15-16-17-18-19-20-21-22-23-24-28-44(49)50-43-33-34-46(7)40-32-36-47(8)39(38(4)27-25-26-37(2)3)31-35-48(47,9)41(40)29-30-42(46)45(43,5)6/h14-15,17-18,26,38-39,42-43H,10-13,16,19-25,27-36H2,1-9H3/t38-,39-,42?,43?,46-,47+,48+/m1/s1. The number of carbonyl (C=O) groups excluding carboxylic acids is 1. The molecule has 0 saturated heterocycles. The largest absolute Gasteiger partial charge is 0.462 e. The Morgan fingerprint density at radius 3 is 2.16 bits per heavy atom. The maximum Gasteiger partial charge on any atom is 0.306 e. The Balaban J connectivity index is 1.23. The van der Waals surface area contributed by atoms with Gasteiger partial charge >= 0.3 is 5.97 Å². The highest BCUT2D eigenvalue weighted by atomic mass is 16.5.